The summed E-state index contributed by atoms with van der Waals surface area (Å²) >= 11 is 0. The average molecular weight is 243 g/mol. The first kappa shape index (κ1) is 13.9. The van der Waals surface area contributed by atoms with Gasteiger partial charge >= 0.3 is 6.03 Å². The molecule has 1 unspecified atom stereocenters. The topological polar surface area (TPSA) is 85.9 Å². The zero-order chi connectivity index (χ0) is 12.3. The van der Waals surface area contributed by atoms with Crippen LogP contribution in [0.5, 0.6) is 0 Å². The minimum absolute atomic E-state index is 0.00561. The SMILES string of the molecule is NC(=O)N/N=C/CCCCOC1CCCCO1. The number of hydrogen-bond acceptors (Lipinski definition) is 4. The molecule has 1 saturated heterocycles. The van der Waals surface area contributed by atoms with Gasteiger partial charge in [0.2, 0.25) is 0 Å². The quantitative estimate of drug-likeness (QED) is 0.402. The van der Waals surface area contributed by atoms with Crippen LogP contribution in [0.1, 0.15) is 38.5 Å². The van der Waals surface area contributed by atoms with Gasteiger partial charge in [0.05, 0.1) is 0 Å². The molecular formula is C11H21N3O3. The second kappa shape index (κ2) is 8.95. The van der Waals surface area contributed by atoms with Crippen molar-refractivity contribution in [1.82, 2.24) is 5.43 Å². The van der Waals surface area contributed by atoms with E-state index in [-0.39, 0.29) is 6.29 Å². The molecule has 0 aromatic heterocycles. The van der Waals surface area contributed by atoms with Crippen molar-refractivity contribution in [2.45, 2.75) is 44.8 Å². The summed E-state index contributed by atoms with van der Waals surface area (Å²) in [6.07, 6.45) is 7.70. The fourth-order valence-corrected chi connectivity index (χ4v) is 1.57. The number of ether oxygens (including phenoxy) is 2. The van der Waals surface area contributed by atoms with Crippen LogP contribution < -0.4 is 11.2 Å². The average Bonchev–Trinajstić information content (AvgIpc) is 2.33. The highest BCUT2D eigenvalue weighted by Gasteiger charge is 2.12. The Morgan fingerprint density at radius 2 is 2.41 bits per heavy atom. The summed E-state index contributed by atoms with van der Waals surface area (Å²) in [5.41, 5.74) is 6.98. The van der Waals surface area contributed by atoms with Crippen molar-refractivity contribution < 1.29 is 14.3 Å². The van der Waals surface area contributed by atoms with Crippen molar-refractivity contribution in [3.8, 4) is 0 Å². The number of carbonyl (C=O) groups excluding carboxylic acids is 1. The molecule has 0 bridgehead atoms. The van der Waals surface area contributed by atoms with Gasteiger partial charge in [0.15, 0.2) is 6.29 Å². The van der Waals surface area contributed by atoms with Crippen LogP contribution >= 0.6 is 0 Å². The Hall–Kier alpha value is -1.14. The summed E-state index contributed by atoms with van der Waals surface area (Å²) in [5, 5.41) is 3.64. The lowest BCUT2D eigenvalue weighted by Gasteiger charge is -2.22. The summed E-state index contributed by atoms with van der Waals surface area (Å²) in [7, 11) is 0. The highest BCUT2D eigenvalue weighted by atomic mass is 16.7. The van der Waals surface area contributed by atoms with E-state index in [9.17, 15) is 4.79 Å². The lowest BCUT2D eigenvalue weighted by molar-refractivity contribution is -0.162. The van der Waals surface area contributed by atoms with E-state index in [1.165, 1.54) is 6.42 Å². The maximum Gasteiger partial charge on any atom is 0.332 e. The Balaban J connectivity index is 1.86. The number of hydrogen-bond donors (Lipinski definition) is 2. The summed E-state index contributed by atoms with van der Waals surface area (Å²) in [5.74, 6) is 0. The zero-order valence-electron chi connectivity index (χ0n) is 10.1. The molecule has 1 heterocycles. The van der Waals surface area contributed by atoms with Gasteiger partial charge in [0, 0.05) is 19.4 Å². The Morgan fingerprint density at radius 3 is 3.12 bits per heavy atom. The van der Waals surface area contributed by atoms with Crippen LogP contribution in [0.15, 0.2) is 5.10 Å². The predicted molar refractivity (Wildman–Crippen MR) is 64.6 cm³/mol. The smallest absolute Gasteiger partial charge is 0.332 e. The Kier molecular flexibility index (Phi) is 7.33. The van der Waals surface area contributed by atoms with Gasteiger partial charge in [0.25, 0.3) is 0 Å². The van der Waals surface area contributed by atoms with E-state index in [4.69, 9.17) is 15.2 Å². The minimum atomic E-state index is -0.640. The van der Waals surface area contributed by atoms with Gasteiger partial charge < -0.3 is 15.2 Å². The number of urea groups is 1. The maximum atomic E-state index is 10.3. The highest BCUT2D eigenvalue weighted by Crippen LogP contribution is 2.13. The number of nitrogens with two attached hydrogens (primary N) is 1. The van der Waals surface area contributed by atoms with Crippen molar-refractivity contribution in [3.05, 3.63) is 0 Å². The van der Waals surface area contributed by atoms with Crippen LogP contribution in [0.2, 0.25) is 0 Å². The third-order valence-electron chi connectivity index (χ3n) is 2.44. The maximum absolute atomic E-state index is 10.3. The molecule has 3 N–H and O–H groups in total. The molecule has 98 valence electrons. The van der Waals surface area contributed by atoms with Crippen molar-refractivity contribution in [3.63, 3.8) is 0 Å². The molecule has 1 aliphatic rings. The fourth-order valence-electron chi connectivity index (χ4n) is 1.57. The molecule has 1 aliphatic heterocycles. The van der Waals surface area contributed by atoms with Crippen LogP contribution in [-0.2, 0) is 9.47 Å². The van der Waals surface area contributed by atoms with Gasteiger partial charge in [-0.05, 0) is 38.5 Å². The molecule has 0 saturated carbocycles. The number of rotatable bonds is 7. The second-order valence-electron chi connectivity index (χ2n) is 3.95. The first-order valence-electron chi connectivity index (χ1n) is 6.09. The standard InChI is InChI=1S/C11H21N3O3/c12-11(15)14-13-7-3-1-4-8-16-10-6-2-5-9-17-10/h7,10H,1-6,8-9H2,(H3,12,14,15)/b13-7+. The lowest BCUT2D eigenvalue weighted by Crippen LogP contribution is -2.24. The summed E-state index contributed by atoms with van der Waals surface area (Å²) in [4.78, 5) is 10.3. The number of carbonyl (C=O) groups is 1. The van der Waals surface area contributed by atoms with Gasteiger partial charge in [-0.1, -0.05) is 0 Å². The molecule has 0 aromatic rings. The van der Waals surface area contributed by atoms with E-state index in [1.807, 2.05) is 0 Å². The zero-order valence-corrected chi connectivity index (χ0v) is 10.1. The molecule has 2 amide bonds. The number of primary amides is 1. The molecule has 0 aliphatic carbocycles. The molecule has 6 heteroatoms. The third-order valence-corrected chi connectivity index (χ3v) is 2.44. The normalized spacial score (nSPS) is 20.6. The van der Waals surface area contributed by atoms with Gasteiger partial charge in [-0.15, -0.1) is 0 Å². The van der Waals surface area contributed by atoms with E-state index >= 15 is 0 Å². The molecule has 1 atom stereocenters. The first-order chi connectivity index (χ1) is 8.29. The van der Waals surface area contributed by atoms with Crippen LogP contribution in [0.3, 0.4) is 0 Å². The molecular weight excluding hydrogens is 222 g/mol. The molecule has 0 spiro atoms. The monoisotopic (exact) mass is 243 g/mol. The Morgan fingerprint density at radius 1 is 1.53 bits per heavy atom. The van der Waals surface area contributed by atoms with Gasteiger partial charge in [-0.25, -0.2) is 10.2 Å². The fraction of sp³-hybridized carbons (Fsp3) is 0.818. The van der Waals surface area contributed by atoms with Crippen LogP contribution in [0.25, 0.3) is 0 Å². The lowest BCUT2D eigenvalue weighted by atomic mass is 10.2. The minimum Gasteiger partial charge on any atom is -0.353 e. The third kappa shape index (κ3) is 7.70. The number of nitrogens with one attached hydrogen (secondary N) is 1. The van der Waals surface area contributed by atoms with Crippen LogP contribution in [0, 0.1) is 0 Å². The Bertz CT molecular complexity index is 240. The van der Waals surface area contributed by atoms with E-state index in [0.29, 0.717) is 6.61 Å². The van der Waals surface area contributed by atoms with E-state index < -0.39 is 6.03 Å². The van der Waals surface area contributed by atoms with Gasteiger partial charge in [0.1, 0.15) is 0 Å². The molecule has 0 radical (unpaired) electrons. The van der Waals surface area contributed by atoms with Crippen LogP contribution in [0.4, 0.5) is 4.79 Å². The van der Waals surface area contributed by atoms with Crippen molar-refractivity contribution in [2.75, 3.05) is 13.2 Å². The van der Waals surface area contributed by atoms with Gasteiger partial charge in [-0.2, -0.15) is 5.10 Å². The summed E-state index contributed by atoms with van der Waals surface area (Å²) < 4.78 is 11.0. The van der Waals surface area contributed by atoms with Crippen molar-refractivity contribution in [2.24, 2.45) is 10.8 Å². The molecule has 1 rings (SSSR count). The van der Waals surface area contributed by atoms with Crippen LogP contribution in [-0.4, -0.2) is 31.7 Å². The summed E-state index contributed by atoms with van der Waals surface area (Å²) in [6.45, 7) is 1.53. The van der Waals surface area contributed by atoms with Crippen molar-refractivity contribution >= 4 is 12.2 Å². The molecule has 17 heavy (non-hydrogen) atoms. The first-order valence-corrected chi connectivity index (χ1v) is 6.09. The second-order valence-corrected chi connectivity index (χ2v) is 3.95. The summed E-state index contributed by atoms with van der Waals surface area (Å²) in [6, 6.07) is -0.640. The van der Waals surface area contributed by atoms with Crippen molar-refractivity contribution in [1.29, 1.82) is 0 Å². The van der Waals surface area contributed by atoms with E-state index in [0.717, 1.165) is 38.7 Å². The number of amides is 2. The predicted octanol–water partition coefficient (Wildman–Crippen LogP) is 1.35. The Labute approximate surface area is 102 Å². The van der Waals surface area contributed by atoms with E-state index in [1.54, 1.807) is 6.21 Å². The van der Waals surface area contributed by atoms with E-state index in [2.05, 4.69) is 10.5 Å². The highest BCUT2D eigenvalue weighted by molar-refractivity contribution is 5.72. The number of unbranched alkanes of at least 4 members (excludes halogenated alkanes) is 2. The van der Waals surface area contributed by atoms with Gasteiger partial charge in [-0.3, -0.25) is 0 Å². The molecule has 6 nitrogen and oxygen atoms in total. The largest absolute Gasteiger partial charge is 0.353 e. The number of hydrazone groups is 1. The molecule has 1 fully saturated rings. The number of nitrogens with zero attached hydrogens (tertiary/aromatic N) is 1. The molecule has 0 aromatic carbocycles.